The van der Waals surface area contributed by atoms with Gasteiger partial charge in [-0.25, -0.2) is 0 Å². The predicted octanol–water partition coefficient (Wildman–Crippen LogP) is 4.18. The van der Waals surface area contributed by atoms with Crippen LogP contribution in [0.3, 0.4) is 0 Å². The van der Waals surface area contributed by atoms with E-state index in [0.717, 1.165) is 18.1 Å². The minimum absolute atomic E-state index is 0.778. The molecule has 0 aliphatic carbocycles. The van der Waals surface area contributed by atoms with Crippen molar-refractivity contribution in [2.24, 2.45) is 0 Å². The third kappa shape index (κ3) is 2.98. The zero-order valence-corrected chi connectivity index (χ0v) is 11.8. The van der Waals surface area contributed by atoms with Crippen LogP contribution in [-0.4, -0.2) is 4.98 Å². The maximum Gasteiger partial charge on any atom is 0.0409 e. The van der Waals surface area contributed by atoms with E-state index >= 15 is 0 Å². The molecule has 1 heterocycles. The summed E-state index contributed by atoms with van der Waals surface area (Å²) in [5, 5.41) is 6.66. The van der Waals surface area contributed by atoms with Crippen LogP contribution in [0.2, 0.25) is 5.02 Å². The Labute approximate surface area is 123 Å². The number of nitrogens with zero attached hydrogens (tertiary/aromatic N) is 1. The lowest BCUT2D eigenvalue weighted by molar-refractivity contribution is 0.696. The summed E-state index contributed by atoms with van der Waals surface area (Å²) in [5.74, 6) is 0. The van der Waals surface area contributed by atoms with Gasteiger partial charge in [0.05, 0.1) is 0 Å². The number of hydrogen-bond acceptors (Lipinski definition) is 2. The normalized spacial score (nSPS) is 10.8. The third-order valence-corrected chi connectivity index (χ3v) is 3.54. The van der Waals surface area contributed by atoms with Crippen molar-refractivity contribution >= 4 is 22.4 Å². The lowest BCUT2D eigenvalue weighted by Crippen LogP contribution is -2.12. The standard InChI is InChI=1S/C17H15ClN2/c18-16-6-1-3-13(9-16)10-20-12-15-5-2-4-14-11-19-8-7-17(14)15/h1-9,11,20H,10,12H2. The fraction of sp³-hybridized carbons (Fsp3) is 0.118. The Hall–Kier alpha value is -1.90. The fourth-order valence-electron chi connectivity index (χ4n) is 2.33. The van der Waals surface area contributed by atoms with Crippen molar-refractivity contribution in [3.05, 3.63) is 77.1 Å². The molecule has 0 saturated carbocycles. The summed E-state index contributed by atoms with van der Waals surface area (Å²) >= 11 is 5.98. The van der Waals surface area contributed by atoms with Gasteiger partial charge in [-0.3, -0.25) is 4.98 Å². The van der Waals surface area contributed by atoms with Crippen molar-refractivity contribution in [2.75, 3.05) is 0 Å². The average molecular weight is 283 g/mol. The summed E-state index contributed by atoms with van der Waals surface area (Å²) in [7, 11) is 0. The lowest BCUT2D eigenvalue weighted by Gasteiger charge is -2.08. The molecular formula is C17H15ClN2. The molecular weight excluding hydrogens is 268 g/mol. The Morgan fingerprint density at radius 3 is 2.80 bits per heavy atom. The van der Waals surface area contributed by atoms with Crippen molar-refractivity contribution in [3.8, 4) is 0 Å². The molecule has 0 aliphatic rings. The second-order valence-electron chi connectivity index (χ2n) is 4.75. The summed E-state index contributed by atoms with van der Waals surface area (Å²) < 4.78 is 0. The second-order valence-corrected chi connectivity index (χ2v) is 5.18. The van der Waals surface area contributed by atoms with Gasteiger partial charge >= 0.3 is 0 Å². The number of benzene rings is 2. The van der Waals surface area contributed by atoms with Gasteiger partial charge in [0.1, 0.15) is 0 Å². The highest BCUT2D eigenvalue weighted by Crippen LogP contribution is 2.17. The molecule has 20 heavy (non-hydrogen) atoms. The van der Waals surface area contributed by atoms with E-state index in [9.17, 15) is 0 Å². The molecule has 0 spiro atoms. The van der Waals surface area contributed by atoms with Crippen LogP contribution >= 0.6 is 11.6 Å². The first-order valence-corrected chi connectivity index (χ1v) is 6.97. The maximum absolute atomic E-state index is 5.98. The molecule has 3 heteroatoms. The molecule has 3 aromatic rings. The molecule has 3 rings (SSSR count). The molecule has 0 bridgehead atoms. The Balaban J connectivity index is 1.71. The number of hydrogen-bond donors (Lipinski definition) is 1. The van der Waals surface area contributed by atoms with Crippen LogP contribution in [0, 0.1) is 0 Å². The summed E-state index contributed by atoms with van der Waals surface area (Å²) in [6.07, 6.45) is 3.73. The van der Waals surface area contributed by atoms with Crippen LogP contribution in [0.1, 0.15) is 11.1 Å². The topological polar surface area (TPSA) is 24.9 Å². The molecule has 0 atom stereocenters. The number of pyridine rings is 1. The van der Waals surface area contributed by atoms with Crippen LogP contribution < -0.4 is 5.32 Å². The smallest absolute Gasteiger partial charge is 0.0409 e. The van der Waals surface area contributed by atoms with Crippen LogP contribution in [0.4, 0.5) is 0 Å². The number of aromatic nitrogens is 1. The SMILES string of the molecule is Clc1cccc(CNCc2cccc3cnccc23)c1. The Morgan fingerprint density at radius 2 is 1.90 bits per heavy atom. The first-order valence-electron chi connectivity index (χ1n) is 6.60. The largest absolute Gasteiger partial charge is 0.309 e. The van der Waals surface area contributed by atoms with E-state index in [2.05, 4.69) is 40.6 Å². The van der Waals surface area contributed by atoms with E-state index in [-0.39, 0.29) is 0 Å². The van der Waals surface area contributed by atoms with Crippen molar-refractivity contribution in [2.45, 2.75) is 13.1 Å². The number of rotatable bonds is 4. The molecule has 0 unspecified atom stereocenters. The van der Waals surface area contributed by atoms with E-state index in [4.69, 9.17) is 11.6 Å². The van der Waals surface area contributed by atoms with Crippen LogP contribution in [0.15, 0.2) is 60.9 Å². The number of nitrogens with one attached hydrogen (secondary N) is 1. The zero-order chi connectivity index (χ0) is 13.8. The fourth-order valence-corrected chi connectivity index (χ4v) is 2.55. The summed E-state index contributed by atoms with van der Waals surface area (Å²) in [5.41, 5.74) is 2.48. The van der Waals surface area contributed by atoms with Gasteiger partial charge in [-0.05, 0) is 34.7 Å². The first kappa shape index (κ1) is 13.1. The molecule has 0 saturated heterocycles. The van der Waals surface area contributed by atoms with Gasteiger partial charge in [-0.15, -0.1) is 0 Å². The lowest BCUT2D eigenvalue weighted by atomic mass is 10.1. The molecule has 2 nitrogen and oxygen atoms in total. The molecule has 2 aromatic carbocycles. The highest BCUT2D eigenvalue weighted by Gasteiger charge is 2.00. The summed E-state index contributed by atoms with van der Waals surface area (Å²) in [6.45, 7) is 1.63. The van der Waals surface area contributed by atoms with Gasteiger partial charge in [0.2, 0.25) is 0 Å². The van der Waals surface area contributed by atoms with Crippen molar-refractivity contribution in [3.63, 3.8) is 0 Å². The van der Waals surface area contributed by atoms with Crippen molar-refractivity contribution in [1.82, 2.24) is 10.3 Å². The van der Waals surface area contributed by atoms with E-state index < -0.39 is 0 Å². The molecule has 0 amide bonds. The number of fused-ring (bicyclic) bond motifs is 1. The third-order valence-electron chi connectivity index (χ3n) is 3.30. The first-order chi connectivity index (χ1) is 9.83. The second kappa shape index (κ2) is 6.04. The van der Waals surface area contributed by atoms with Crippen LogP contribution in [-0.2, 0) is 13.1 Å². The minimum atomic E-state index is 0.778. The van der Waals surface area contributed by atoms with Crippen LogP contribution in [0.5, 0.6) is 0 Å². The monoisotopic (exact) mass is 282 g/mol. The van der Waals surface area contributed by atoms with Crippen molar-refractivity contribution < 1.29 is 0 Å². The average Bonchev–Trinajstić information content (AvgIpc) is 2.48. The Kier molecular flexibility index (Phi) is 3.95. The molecule has 100 valence electrons. The Morgan fingerprint density at radius 1 is 1.00 bits per heavy atom. The highest BCUT2D eigenvalue weighted by atomic mass is 35.5. The molecule has 1 aromatic heterocycles. The predicted molar refractivity (Wildman–Crippen MR) is 83.7 cm³/mol. The van der Waals surface area contributed by atoms with Crippen molar-refractivity contribution in [1.29, 1.82) is 0 Å². The van der Waals surface area contributed by atoms with Gasteiger partial charge in [0.15, 0.2) is 0 Å². The molecule has 1 N–H and O–H groups in total. The quantitative estimate of drug-likeness (QED) is 0.776. The molecule has 0 fully saturated rings. The van der Waals surface area contributed by atoms with Crippen LogP contribution in [0.25, 0.3) is 10.8 Å². The number of halogens is 1. The maximum atomic E-state index is 5.98. The summed E-state index contributed by atoms with van der Waals surface area (Å²) in [4.78, 5) is 4.16. The van der Waals surface area contributed by atoms with E-state index in [0.29, 0.717) is 0 Å². The van der Waals surface area contributed by atoms with E-state index in [1.54, 1.807) is 0 Å². The van der Waals surface area contributed by atoms with Gasteiger partial charge in [0, 0.05) is 35.9 Å². The zero-order valence-electron chi connectivity index (χ0n) is 11.0. The van der Waals surface area contributed by atoms with Gasteiger partial charge in [-0.2, -0.15) is 0 Å². The minimum Gasteiger partial charge on any atom is -0.309 e. The molecule has 0 radical (unpaired) electrons. The van der Waals surface area contributed by atoms with E-state index in [1.165, 1.54) is 21.9 Å². The van der Waals surface area contributed by atoms with Gasteiger partial charge in [0.25, 0.3) is 0 Å². The summed E-state index contributed by atoms with van der Waals surface area (Å²) in [6, 6.07) is 16.3. The van der Waals surface area contributed by atoms with Gasteiger partial charge in [-0.1, -0.05) is 41.9 Å². The Bertz CT molecular complexity index is 720. The van der Waals surface area contributed by atoms with E-state index in [1.807, 2.05) is 30.6 Å². The van der Waals surface area contributed by atoms with Gasteiger partial charge < -0.3 is 5.32 Å². The highest BCUT2D eigenvalue weighted by molar-refractivity contribution is 6.30. The molecule has 0 aliphatic heterocycles.